The van der Waals surface area contributed by atoms with Gasteiger partial charge in [-0.15, -0.1) is 5.10 Å². The van der Waals surface area contributed by atoms with E-state index in [1.165, 1.54) is 4.40 Å². The second-order valence-electron chi connectivity index (χ2n) is 7.85. The standard InChI is InChI=1S/C25H22N6O4/c1-3-34-19-12-10-18(11-13-19)26-21(32)15-31-25(33)30-14-4-5-20(23(30)28-31)24-27-22(29-35-24)17-8-6-16(2)7-9-17/h4-14H,3,15H2,1-2H3,(H,26,32). The van der Waals surface area contributed by atoms with Crippen molar-refractivity contribution in [3.8, 4) is 28.6 Å². The van der Waals surface area contributed by atoms with Crippen LogP contribution in [0.4, 0.5) is 5.69 Å². The van der Waals surface area contributed by atoms with E-state index in [-0.39, 0.29) is 18.3 Å². The maximum Gasteiger partial charge on any atom is 0.350 e. The van der Waals surface area contributed by atoms with Crippen LogP contribution in [0.1, 0.15) is 12.5 Å². The smallest absolute Gasteiger partial charge is 0.350 e. The van der Waals surface area contributed by atoms with Gasteiger partial charge in [0, 0.05) is 17.4 Å². The molecule has 2 aromatic carbocycles. The highest BCUT2D eigenvalue weighted by atomic mass is 16.5. The second-order valence-corrected chi connectivity index (χ2v) is 7.85. The van der Waals surface area contributed by atoms with Crippen molar-refractivity contribution in [2.75, 3.05) is 11.9 Å². The van der Waals surface area contributed by atoms with Gasteiger partial charge in [-0.1, -0.05) is 35.0 Å². The number of aryl methyl sites for hydroxylation is 1. The summed E-state index contributed by atoms with van der Waals surface area (Å²) in [5.74, 6) is 0.975. The Labute approximate surface area is 199 Å². The molecular weight excluding hydrogens is 448 g/mol. The highest BCUT2D eigenvalue weighted by molar-refractivity contribution is 5.90. The van der Waals surface area contributed by atoms with Crippen LogP contribution in [0.5, 0.6) is 5.75 Å². The van der Waals surface area contributed by atoms with E-state index in [1.54, 1.807) is 42.6 Å². The lowest BCUT2D eigenvalue weighted by Crippen LogP contribution is -2.28. The summed E-state index contributed by atoms with van der Waals surface area (Å²) in [6, 6.07) is 18.2. The predicted octanol–water partition coefficient (Wildman–Crippen LogP) is 3.56. The molecule has 5 rings (SSSR count). The van der Waals surface area contributed by atoms with Crippen LogP contribution >= 0.6 is 0 Å². The van der Waals surface area contributed by atoms with Crippen molar-refractivity contribution in [2.24, 2.45) is 0 Å². The molecule has 0 saturated heterocycles. The van der Waals surface area contributed by atoms with Gasteiger partial charge < -0.3 is 14.6 Å². The largest absolute Gasteiger partial charge is 0.494 e. The Morgan fingerprint density at radius 3 is 2.60 bits per heavy atom. The molecule has 0 aliphatic rings. The third-order valence-electron chi connectivity index (χ3n) is 5.32. The molecule has 0 aliphatic heterocycles. The number of carbonyl (C=O) groups is 1. The molecule has 3 aromatic heterocycles. The number of benzene rings is 2. The van der Waals surface area contributed by atoms with Crippen molar-refractivity contribution in [1.29, 1.82) is 0 Å². The summed E-state index contributed by atoms with van der Waals surface area (Å²) in [5.41, 5.74) is 2.86. The highest BCUT2D eigenvalue weighted by Crippen LogP contribution is 2.24. The summed E-state index contributed by atoms with van der Waals surface area (Å²) in [4.78, 5) is 29.9. The van der Waals surface area contributed by atoms with Crippen LogP contribution in [0.25, 0.3) is 28.5 Å². The summed E-state index contributed by atoms with van der Waals surface area (Å²) in [6.45, 7) is 4.20. The van der Waals surface area contributed by atoms with Gasteiger partial charge in [0.15, 0.2) is 5.65 Å². The average Bonchev–Trinajstić information content (AvgIpc) is 3.46. The predicted molar refractivity (Wildman–Crippen MR) is 129 cm³/mol. The van der Waals surface area contributed by atoms with E-state index in [0.717, 1.165) is 15.8 Å². The molecular formula is C25H22N6O4. The first kappa shape index (κ1) is 22.1. The van der Waals surface area contributed by atoms with E-state index in [4.69, 9.17) is 9.26 Å². The molecule has 176 valence electrons. The molecule has 0 unspecified atom stereocenters. The Kier molecular flexibility index (Phi) is 5.84. The number of hydrogen-bond donors (Lipinski definition) is 1. The Morgan fingerprint density at radius 2 is 1.86 bits per heavy atom. The number of hydrogen-bond acceptors (Lipinski definition) is 7. The number of ether oxygens (including phenoxy) is 1. The first-order chi connectivity index (χ1) is 17.0. The number of nitrogens with zero attached hydrogens (tertiary/aromatic N) is 5. The molecule has 1 N–H and O–H groups in total. The maximum absolute atomic E-state index is 12.9. The van der Waals surface area contributed by atoms with Crippen molar-refractivity contribution < 1.29 is 14.1 Å². The van der Waals surface area contributed by atoms with Crippen LogP contribution in [0.2, 0.25) is 0 Å². The van der Waals surface area contributed by atoms with Crippen molar-refractivity contribution in [3.63, 3.8) is 0 Å². The van der Waals surface area contributed by atoms with Crippen LogP contribution in [0.3, 0.4) is 0 Å². The van der Waals surface area contributed by atoms with E-state index in [1.807, 2.05) is 38.1 Å². The van der Waals surface area contributed by atoms with Crippen LogP contribution in [-0.2, 0) is 11.3 Å². The highest BCUT2D eigenvalue weighted by Gasteiger charge is 2.18. The molecule has 0 saturated carbocycles. The van der Waals surface area contributed by atoms with Crippen LogP contribution in [0, 0.1) is 6.92 Å². The number of fused-ring (bicyclic) bond motifs is 1. The topological polar surface area (TPSA) is 117 Å². The molecule has 0 atom stereocenters. The Morgan fingerprint density at radius 1 is 1.09 bits per heavy atom. The number of amides is 1. The van der Waals surface area contributed by atoms with E-state index >= 15 is 0 Å². The number of nitrogens with one attached hydrogen (secondary N) is 1. The van der Waals surface area contributed by atoms with Crippen LogP contribution < -0.4 is 15.7 Å². The van der Waals surface area contributed by atoms with Crippen molar-refractivity contribution in [3.05, 3.63) is 82.9 Å². The molecule has 5 aromatic rings. The quantitative estimate of drug-likeness (QED) is 0.387. The lowest BCUT2D eigenvalue weighted by atomic mass is 10.1. The minimum atomic E-state index is -0.457. The summed E-state index contributed by atoms with van der Waals surface area (Å²) in [5, 5.41) is 11.2. The summed E-state index contributed by atoms with van der Waals surface area (Å²) >= 11 is 0. The first-order valence-corrected chi connectivity index (χ1v) is 11.0. The number of aromatic nitrogens is 5. The summed E-state index contributed by atoms with van der Waals surface area (Å²) in [6.07, 6.45) is 1.58. The average molecular weight is 470 g/mol. The fourth-order valence-corrected chi connectivity index (χ4v) is 3.60. The Hall–Kier alpha value is -4.73. The third-order valence-corrected chi connectivity index (χ3v) is 5.32. The van der Waals surface area contributed by atoms with Gasteiger partial charge in [0.25, 0.3) is 5.89 Å². The van der Waals surface area contributed by atoms with Gasteiger partial charge in [-0.2, -0.15) is 4.98 Å². The SMILES string of the molecule is CCOc1ccc(NC(=O)Cn2nc3c(-c4nc(-c5ccc(C)cc5)no4)cccn3c2=O)cc1. The zero-order valence-corrected chi connectivity index (χ0v) is 19.1. The van der Waals surface area contributed by atoms with Crippen molar-refractivity contribution >= 4 is 17.2 Å². The van der Waals surface area contributed by atoms with Crippen molar-refractivity contribution in [1.82, 2.24) is 24.3 Å². The molecule has 35 heavy (non-hydrogen) atoms. The van der Waals surface area contributed by atoms with Crippen molar-refractivity contribution in [2.45, 2.75) is 20.4 Å². The fraction of sp³-hybridized carbons (Fsp3) is 0.160. The zero-order valence-electron chi connectivity index (χ0n) is 19.1. The van der Waals surface area contributed by atoms with Gasteiger partial charge in [-0.25, -0.2) is 13.9 Å². The molecule has 0 bridgehead atoms. The molecule has 3 heterocycles. The Balaban J connectivity index is 1.39. The van der Waals surface area contributed by atoms with E-state index in [2.05, 4.69) is 20.6 Å². The van der Waals surface area contributed by atoms with Gasteiger partial charge in [-0.3, -0.25) is 4.79 Å². The normalized spacial score (nSPS) is 11.0. The zero-order chi connectivity index (χ0) is 24.4. The number of anilines is 1. The molecule has 0 radical (unpaired) electrons. The van der Waals surface area contributed by atoms with Gasteiger partial charge in [-0.05, 0) is 50.2 Å². The third kappa shape index (κ3) is 4.54. The van der Waals surface area contributed by atoms with Gasteiger partial charge in [0.1, 0.15) is 12.3 Å². The molecule has 0 spiro atoms. The summed E-state index contributed by atoms with van der Waals surface area (Å²) in [7, 11) is 0. The first-order valence-electron chi connectivity index (χ1n) is 11.0. The van der Waals surface area contributed by atoms with Gasteiger partial charge in [0.05, 0.1) is 12.2 Å². The minimum absolute atomic E-state index is 0.224. The van der Waals surface area contributed by atoms with E-state index in [0.29, 0.717) is 35.1 Å². The van der Waals surface area contributed by atoms with E-state index < -0.39 is 5.69 Å². The fourth-order valence-electron chi connectivity index (χ4n) is 3.60. The summed E-state index contributed by atoms with van der Waals surface area (Å²) < 4.78 is 13.3. The number of rotatable bonds is 7. The lowest BCUT2D eigenvalue weighted by Gasteiger charge is -2.06. The number of pyridine rings is 1. The molecule has 0 aliphatic carbocycles. The minimum Gasteiger partial charge on any atom is -0.494 e. The van der Waals surface area contributed by atoms with E-state index in [9.17, 15) is 9.59 Å². The number of carbonyl (C=O) groups excluding carboxylic acids is 1. The maximum atomic E-state index is 12.9. The van der Waals surface area contributed by atoms with Gasteiger partial charge in [0.2, 0.25) is 11.7 Å². The van der Waals surface area contributed by atoms with Crippen LogP contribution in [0.15, 0.2) is 76.2 Å². The monoisotopic (exact) mass is 470 g/mol. The van der Waals surface area contributed by atoms with Crippen LogP contribution in [-0.4, -0.2) is 36.8 Å². The molecule has 1 amide bonds. The molecule has 10 heteroatoms. The Bertz CT molecular complexity index is 1550. The molecule has 10 nitrogen and oxygen atoms in total. The molecule has 0 fully saturated rings. The van der Waals surface area contributed by atoms with Gasteiger partial charge >= 0.3 is 5.69 Å². The second kappa shape index (κ2) is 9.26. The lowest BCUT2D eigenvalue weighted by molar-refractivity contribution is -0.117.